The summed E-state index contributed by atoms with van der Waals surface area (Å²) < 4.78 is 33.0. The summed E-state index contributed by atoms with van der Waals surface area (Å²) in [6, 6.07) is 10.6. The van der Waals surface area contributed by atoms with Crippen molar-refractivity contribution in [2.75, 3.05) is 23.3 Å². The zero-order chi connectivity index (χ0) is 23.3. The second-order valence-corrected chi connectivity index (χ2v) is 9.70. The third-order valence-electron chi connectivity index (χ3n) is 6.18. The zero-order valence-corrected chi connectivity index (χ0v) is 18.6. The number of halogens is 2. The van der Waals surface area contributed by atoms with E-state index in [0.717, 1.165) is 11.6 Å². The molecule has 33 heavy (non-hydrogen) atoms. The lowest BCUT2D eigenvalue weighted by molar-refractivity contribution is 0.250. The minimum atomic E-state index is -0.588. The first kappa shape index (κ1) is 21.4. The maximum Gasteiger partial charge on any atom is 0.319 e. The molecule has 1 unspecified atom stereocenters. The molecule has 2 N–H and O–H groups in total. The number of benzene rings is 2. The highest BCUT2D eigenvalue weighted by Crippen LogP contribution is 2.47. The van der Waals surface area contributed by atoms with Crippen molar-refractivity contribution in [2.24, 2.45) is 11.8 Å². The summed E-state index contributed by atoms with van der Waals surface area (Å²) >= 11 is 0. The number of nitrogens with one attached hydrogen (secondary N) is 2. The van der Waals surface area contributed by atoms with Crippen LogP contribution >= 0.6 is 0 Å². The third kappa shape index (κ3) is 4.27. The first-order chi connectivity index (χ1) is 15.7. The quantitative estimate of drug-likeness (QED) is 0.605. The lowest BCUT2D eigenvalue weighted by Crippen LogP contribution is -2.37. The van der Waals surface area contributed by atoms with Gasteiger partial charge in [-0.1, -0.05) is 26.8 Å². The molecule has 3 aromatic rings. The Kier molecular flexibility index (Phi) is 5.07. The highest BCUT2D eigenvalue weighted by Gasteiger charge is 2.56. The van der Waals surface area contributed by atoms with Crippen LogP contribution in [0.3, 0.4) is 0 Å². The van der Waals surface area contributed by atoms with Crippen LogP contribution in [-0.2, 0) is 5.41 Å². The van der Waals surface area contributed by atoms with E-state index in [9.17, 15) is 13.6 Å². The van der Waals surface area contributed by atoms with Crippen molar-refractivity contribution < 1.29 is 18.0 Å². The molecular formula is C24H25F2N5O2. The fraction of sp³-hybridized carbons (Fsp3) is 0.375. The highest BCUT2D eigenvalue weighted by molar-refractivity contribution is 5.90. The van der Waals surface area contributed by atoms with Gasteiger partial charge in [-0.25, -0.2) is 13.6 Å². The first-order valence-electron chi connectivity index (χ1n) is 10.9. The van der Waals surface area contributed by atoms with Gasteiger partial charge in [0.05, 0.1) is 5.69 Å². The van der Waals surface area contributed by atoms with Crippen molar-refractivity contribution >= 4 is 17.4 Å². The number of urea groups is 1. The lowest BCUT2D eigenvalue weighted by Gasteiger charge is -2.23. The van der Waals surface area contributed by atoms with Crippen LogP contribution < -0.4 is 15.5 Å². The first-order valence-corrected chi connectivity index (χ1v) is 10.9. The Bertz CT molecular complexity index is 1190. The second-order valence-electron chi connectivity index (χ2n) is 9.70. The number of amides is 2. The van der Waals surface area contributed by atoms with Crippen molar-refractivity contribution in [2.45, 2.75) is 32.2 Å². The molecule has 2 aromatic carbocycles. The van der Waals surface area contributed by atoms with Gasteiger partial charge in [0, 0.05) is 53.7 Å². The molecule has 1 aliphatic heterocycles. The van der Waals surface area contributed by atoms with Crippen LogP contribution in [0.1, 0.15) is 26.7 Å². The summed E-state index contributed by atoms with van der Waals surface area (Å²) in [7, 11) is 0. The van der Waals surface area contributed by atoms with Gasteiger partial charge in [0.2, 0.25) is 11.8 Å². The Hall–Kier alpha value is -3.49. The van der Waals surface area contributed by atoms with Crippen LogP contribution in [0.2, 0.25) is 0 Å². The van der Waals surface area contributed by atoms with Crippen molar-refractivity contribution in [3.8, 4) is 11.5 Å². The molecule has 1 aromatic heterocycles. The Morgan fingerprint density at radius 3 is 2.52 bits per heavy atom. The molecule has 0 radical (unpaired) electrons. The fourth-order valence-corrected chi connectivity index (χ4v) is 4.37. The van der Waals surface area contributed by atoms with Gasteiger partial charge in [0.25, 0.3) is 0 Å². The summed E-state index contributed by atoms with van der Waals surface area (Å²) in [4.78, 5) is 14.4. The Morgan fingerprint density at radius 1 is 1.09 bits per heavy atom. The van der Waals surface area contributed by atoms with Gasteiger partial charge in [-0.05, 0) is 30.3 Å². The average molecular weight is 453 g/mol. The maximum absolute atomic E-state index is 14.0. The summed E-state index contributed by atoms with van der Waals surface area (Å²) in [6.07, 6.45) is 0. The van der Waals surface area contributed by atoms with Crippen LogP contribution in [0, 0.1) is 23.5 Å². The van der Waals surface area contributed by atoms with Gasteiger partial charge in [-0.15, -0.1) is 10.2 Å². The molecule has 1 saturated heterocycles. The zero-order valence-electron chi connectivity index (χ0n) is 18.6. The number of anilines is 2. The molecule has 2 fully saturated rings. The molecule has 2 aliphatic rings. The SMILES string of the molecule is CC(C)(C)c1nnc(-c2cccc(NC(=O)NC3[C@H]4CN(c5ccc(F)cc5F)C[C@@H]34)c2)o1. The predicted molar refractivity (Wildman–Crippen MR) is 120 cm³/mol. The summed E-state index contributed by atoms with van der Waals surface area (Å²) in [5, 5.41) is 14.1. The molecule has 5 rings (SSSR count). The number of fused-ring (bicyclic) bond motifs is 1. The Labute approximate surface area is 190 Å². The van der Waals surface area contributed by atoms with Crippen LogP contribution in [0.25, 0.3) is 11.5 Å². The summed E-state index contributed by atoms with van der Waals surface area (Å²) in [5.41, 5.74) is 1.48. The molecule has 7 nitrogen and oxygen atoms in total. The molecule has 1 saturated carbocycles. The molecule has 0 bridgehead atoms. The van der Waals surface area contributed by atoms with E-state index in [-0.39, 0.29) is 29.3 Å². The average Bonchev–Trinajstić information content (AvgIpc) is 3.16. The monoisotopic (exact) mass is 453 g/mol. The van der Waals surface area contributed by atoms with E-state index in [1.54, 1.807) is 12.1 Å². The minimum absolute atomic E-state index is 0.0400. The van der Waals surface area contributed by atoms with Crippen LogP contribution in [0.15, 0.2) is 46.9 Å². The molecule has 2 heterocycles. The van der Waals surface area contributed by atoms with Gasteiger partial charge in [0.1, 0.15) is 11.6 Å². The number of carbonyl (C=O) groups is 1. The minimum Gasteiger partial charge on any atom is -0.420 e. The lowest BCUT2D eigenvalue weighted by atomic mass is 9.97. The van der Waals surface area contributed by atoms with Crippen LogP contribution in [0.5, 0.6) is 0 Å². The maximum atomic E-state index is 14.0. The number of nitrogens with zero attached hydrogens (tertiary/aromatic N) is 3. The standard InChI is InChI=1S/C24H25F2N5O2/c1-24(2,3)22-30-29-21(33-22)13-5-4-6-15(9-13)27-23(32)28-20-16-11-31(12-17(16)20)19-8-7-14(25)10-18(19)26/h4-10,16-17,20H,11-12H2,1-3H3,(H2,27,28,32)/t16-,17+,20?. The van der Waals surface area contributed by atoms with E-state index >= 15 is 0 Å². The molecule has 1 aliphatic carbocycles. The van der Waals surface area contributed by atoms with Gasteiger partial charge >= 0.3 is 6.03 Å². The number of carbonyl (C=O) groups excluding carboxylic acids is 1. The van der Waals surface area contributed by atoms with Gasteiger partial charge in [-0.3, -0.25) is 0 Å². The highest BCUT2D eigenvalue weighted by atomic mass is 19.1. The molecule has 9 heteroatoms. The molecule has 3 atom stereocenters. The van der Waals surface area contributed by atoms with Crippen LogP contribution in [-0.4, -0.2) is 35.4 Å². The number of rotatable bonds is 4. The molecule has 0 spiro atoms. The third-order valence-corrected chi connectivity index (χ3v) is 6.18. The normalized spacial score (nSPS) is 21.6. The Morgan fingerprint density at radius 2 is 1.85 bits per heavy atom. The molecule has 2 amide bonds. The van der Waals surface area contributed by atoms with E-state index in [0.29, 0.717) is 36.2 Å². The topological polar surface area (TPSA) is 83.3 Å². The van der Waals surface area contributed by atoms with Crippen molar-refractivity contribution in [3.05, 3.63) is 60.0 Å². The molecule has 172 valence electrons. The van der Waals surface area contributed by atoms with Gasteiger partial charge in [0.15, 0.2) is 0 Å². The summed E-state index contributed by atoms with van der Waals surface area (Å²) in [6.45, 7) is 7.24. The van der Waals surface area contributed by atoms with E-state index < -0.39 is 11.6 Å². The van der Waals surface area contributed by atoms with Crippen molar-refractivity contribution in [1.82, 2.24) is 15.5 Å². The Balaban J connectivity index is 1.17. The van der Waals surface area contributed by atoms with Crippen molar-refractivity contribution in [1.29, 1.82) is 0 Å². The number of piperidine rings is 1. The van der Waals surface area contributed by atoms with Crippen LogP contribution in [0.4, 0.5) is 25.0 Å². The van der Waals surface area contributed by atoms with Gasteiger partial charge < -0.3 is 20.0 Å². The van der Waals surface area contributed by atoms with E-state index in [2.05, 4.69) is 20.8 Å². The fourth-order valence-electron chi connectivity index (χ4n) is 4.37. The number of hydrogen-bond donors (Lipinski definition) is 2. The van der Waals surface area contributed by atoms with E-state index in [1.807, 2.05) is 37.8 Å². The smallest absolute Gasteiger partial charge is 0.319 e. The van der Waals surface area contributed by atoms with Crippen molar-refractivity contribution in [3.63, 3.8) is 0 Å². The summed E-state index contributed by atoms with van der Waals surface area (Å²) in [5.74, 6) is 0.294. The second kappa shape index (κ2) is 7.83. The van der Waals surface area contributed by atoms with Gasteiger partial charge in [-0.2, -0.15) is 0 Å². The number of aromatic nitrogens is 2. The largest absolute Gasteiger partial charge is 0.420 e. The van der Waals surface area contributed by atoms with E-state index in [4.69, 9.17) is 4.42 Å². The number of hydrogen-bond acceptors (Lipinski definition) is 5. The molecular weight excluding hydrogens is 428 g/mol. The van der Waals surface area contributed by atoms with E-state index in [1.165, 1.54) is 12.1 Å². The predicted octanol–water partition coefficient (Wildman–Crippen LogP) is 4.57.